The van der Waals surface area contributed by atoms with Crippen molar-refractivity contribution in [3.63, 3.8) is 0 Å². The molecule has 1 saturated heterocycles. The van der Waals surface area contributed by atoms with E-state index in [0.29, 0.717) is 19.5 Å². The van der Waals surface area contributed by atoms with Gasteiger partial charge in [-0.05, 0) is 73.7 Å². The van der Waals surface area contributed by atoms with Gasteiger partial charge in [0.05, 0.1) is 5.25 Å². The lowest BCUT2D eigenvalue weighted by Gasteiger charge is -2.17. The minimum atomic E-state index is -3.63. The zero-order valence-electron chi connectivity index (χ0n) is 13.7. The van der Waals surface area contributed by atoms with E-state index in [2.05, 4.69) is 21.4 Å². The number of hydrogen-bond acceptors (Lipinski definition) is 4. The first-order chi connectivity index (χ1) is 11.5. The number of anilines is 1. The first kappa shape index (κ1) is 15.9. The van der Waals surface area contributed by atoms with Crippen molar-refractivity contribution in [2.45, 2.75) is 50.2 Å². The summed E-state index contributed by atoms with van der Waals surface area (Å²) in [4.78, 5) is 12.4. The summed E-state index contributed by atoms with van der Waals surface area (Å²) in [6, 6.07) is 1.66. The van der Waals surface area contributed by atoms with E-state index in [0.717, 1.165) is 44.2 Å². The zero-order valence-corrected chi connectivity index (χ0v) is 14.5. The molecule has 3 N–H and O–H groups in total. The summed E-state index contributed by atoms with van der Waals surface area (Å²) >= 11 is 0. The normalized spacial score (nSPS) is 22.2. The van der Waals surface area contributed by atoms with Crippen molar-refractivity contribution in [3.8, 4) is 0 Å². The Morgan fingerprint density at radius 3 is 2.33 bits per heavy atom. The van der Waals surface area contributed by atoms with Crippen molar-refractivity contribution in [3.05, 3.63) is 28.3 Å². The van der Waals surface area contributed by atoms with Gasteiger partial charge in [-0.1, -0.05) is 6.07 Å². The number of fused-ring (bicyclic) bond motifs is 2. The van der Waals surface area contributed by atoms with E-state index >= 15 is 0 Å². The minimum Gasteiger partial charge on any atom is -0.315 e. The molecular formula is C17H23N3O3S. The summed E-state index contributed by atoms with van der Waals surface area (Å²) < 4.78 is 26.8. The maximum absolute atomic E-state index is 12.4. The Balaban J connectivity index is 1.56. The van der Waals surface area contributed by atoms with E-state index < -0.39 is 21.3 Å². The molecule has 6 nitrogen and oxygen atoms in total. The van der Waals surface area contributed by atoms with Crippen LogP contribution in [0.25, 0.3) is 0 Å². The number of carbonyl (C=O) groups is 1. The van der Waals surface area contributed by atoms with Crippen LogP contribution in [0.1, 0.15) is 41.5 Å². The molecule has 7 heteroatoms. The number of nitrogens with one attached hydrogen (secondary N) is 3. The summed E-state index contributed by atoms with van der Waals surface area (Å²) in [5.41, 5.74) is 5.90. The third kappa shape index (κ3) is 2.80. The highest BCUT2D eigenvalue weighted by atomic mass is 32.2. The van der Waals surface area contributed by atoms with Gasteiger partial charge >= 0.3 is 6.03 Å². The molecule has 0 spiro atoms. The molecule has 1 fully saturated rings. The van der Waals surface area contributed by atoms with Crippen LogP contribution in [0, 0.1) is 0 Å². The number of benzene rings is 1. The molecule has 2 aliphatic carbocycles. The van der Waals surface area contributed by atoms with Crippen molar-refractivity contribution in [2.24, 2.45) is 0 Å². The monoisotopic (exact) mass is 349 g/mol. The Morgan fingerprint density at radius 2 is 1.75 bits per heavy atom. The number of rotatable bonds is 3. The predicted octanol–water partition coefficient (Wildman–Crippen LogP) is 1.48. The summed E-state index contributed by atoms with van der Waals surface area (Å²) in [5, 5.41) is 5.36. The van der Waals surface area contributed by atoms with Gasteiger partial charge in [-0.2, -0.15) is 0 Å². The Labute approximate surface area is 142 Å². The van der Waals surface area contributed by atoms with E-state index in [9.17, 15) is 13.2 Å². The van der Waals surface area contributed by atoms with Crippen LogP contribution in [-0.2, 0) is 35.7 Å². The second kappa shape index (κ2) is 6.04. The van der Waals surface area contributed by atoms with E-state index in [1.165, 1.54) is 22.3 Å². The number of urea groups is 1. The topological polar surface area (TPSA) is 87.3 Å². The fourth-order valence-corrected chi connectivity index (χ4v) is 5.45. The summed E-state index contributed by atoms with van der Waals surface area (Å²) in [5.74, 6) is 0. The fourth-order valence-electron chi connectivity index (χ4n) is 4.21. The molecule has 1 atom stereocenters. The van der Waals surface area contributed by atoms with Gasteiger partial charge in [0.1, 0.15) is 0 Å². The SMILES string of the molecule is O=C(Nc1c2c(cc3c1CCC3)CCC2)NS(=O)(=O)C1CCNC1. The van der Waals surface area contributed by atoms with Gasteiger partial charge in [-0.25, -0.2) is 17.9 Å². The highest BCUT2D eigenvalue weighted by molar-refractivity contribution is 7.90. The van der Waals surface area contributed by atoms with Gasteiger partial charge in [0.25, 0.3) is 0 Å². The van der Waals surface area contributed by atoms with Gasteiger partial charge in [0.15, 0.2) is 0 Å². The molecule has 2 amide bonds. The molecular weight excluding hydrogens is 326 g/mol. The highest BCUT2D eigenvalue weighted by Gasteiger charge is 2.31. The number of hydrogen-bond donors (Lipinski definition) is 3. The van der Waals surface area contributed by atoms with E-state index in [1.807, 2.05) is 0 Å². The van der Waals surface area contributed by atoms with Crippen LogP contribution in [0.2, 0.25) is 0 Å². The largest absolute Gasteiger partial charge is 0.332 e. The molecule has 1 aromatic carbocycles. The van der Waals surface area contributed by atoms with E-state index in [4.69, 9.17) is 0 Å². The second-order valence-corrected chi connectivity index (χ2v) is 8.91. The van der Waals surface area contributed by atoms with Crippen LogP contribution >= 0.6 is 0 Å². The molecule has 1 aromatic rings. The zero-order chi connectivity index (χ0) is 16.7. The maximum Gasteiger partial charge on any atom is 0.332 e. The molecule has 1 aliphatic heterocycles. The molecule has 0 saturated carbocycles. The third-order valence-electron chi connectivity index (χ3n) is 5.40. The van der Waals surface area contributed by atoms with Crippen molar-refractivity contribution >= 4 is 21.7 Å². The molecule has 0 aromatic heterocycles. The van der Waals surface area contributed by atoms with Crippen LogP contribution in [0.3, 0.4) is 0 Å². The molecule has 3 aliphatic rings. The lowest BCUT2D eigenvalue weighted by atomic mass is 9.99. The van der Waals surface area contributed by atoms with Crippen molar-refractivity contribution in [2.75, 3.05) is 18.4 Å². The first-order valence-corrected chi connectivity index (χ1v) is 10.3. The average molecular weight is 349 g/mol. The average Bonchev–Trinajstić information content (AvgIpc) is 3.27. The van der Waals surface area contributed by atoms with Crippen molar-refractivity contribution in [1.82, 2.24) is 10.0 Å². The second-order valence-electron chi connectivity index (χ2n) is 6.95. The molecule has 0 radical (unpaired) electrons. The van der Waals surface area contributed by atoms with E-state index in [1.54, 1.807) is 0 Å². The van der Waals surface area contributed by atoms with Crippen LogP contribution in [0.4, 0.5) is 10.5 Å². The lowest BCUT2D eigenvalue weighted by Crippen LogP contribution is -2.41. The van der Waals surface area contributed by atoms with Gasteiger partial charge in [0, 0.05) is 12.2 Å². The number of sulfonamides is 1. The van der Waals surface area contributed by atoms with Gasteiger partial charge in [0.2, 0.25) is 10.0 Å². The highest BCUT2D eigenvalue weighted by Crippen LogP contribution is 2.38. The van der Waals surface area contributed by atoms with Crippen LogP contribution < -0.4 is 15.4 Å². The van der Waals surface area contributed by atoms with Gasteiger partial charge in [-0.3, -0.25) is 0 Å². The summed E-state index contributed by atoms with van der Waals surface area (Å²) in [6.45, 7) is 1.08. The standard InChI is InChI=1S/C17H23N3O3S/c21-17(20-24(22,23)13-7-8-18-10-13)19-16-14-5-1-3-11(14)9-12-4-2-6-15(12)16/h9,13,18H,1-8,10H2,(H2,19,20,21). The van der Waals surface area contributed by atoms with Crippen molar-refractivity contribution in [1.29, 1.82) is 0 Å². The van der Waals surface area contributed by atoms with Gasteiger partial charge < -0.3 is 10.6 Å². The Morgan fingerprint density at radius 1 is 1.08 bits per heavy atom. The minimum absolute atomic E-state index is 0.402. The number of amides is 2. The summed E-state index contributed by atoms with van der Waals surface area (Å²) in [7, 11) is -3.63. The maximum atomic E-state index is 12.4. The predicted molar refractivity (Wildman–Crippen MR) is 92.8 cm³/mol. The van der Waals surface area contributed by atoms with Gasteiger partial charge in [-0.15, -0.1) is 0 Å². The fraction of sp³-hybridized carbons (Fsp3) is 0.588. The smallest absolute Gasteiger partial charge is 0.315 e. The molecule has 0 bridgehead atoms. The summed E-state index contributed by atoms with van der Waals surface area (Å²) in [6.07, 6.45) is 6.74. The number of carbonyl (C=O) groups excluding carboxylic acids is 1. The molecule has 1 heterocycles. The Kier molecular flexibility index (Phi) is 4.00. The van der Waals surface area contributed by atoms with Crippen LogP contribution in [0.15, 0.2) is 6.07 Å². The Hall–Kier alpha value is -1.60. The molecule has 130 valence electrons. The lowest BCUT2D eigenvalue weighted by molar-refractivity contribution is 0.256. The van der Waals surface area contributed by atoms with Crippen LogP contribution in [0.5, 0.6) is 0 Å². The molecule has 1 unspecified atom stereocenters. The first-order valence-electron chi connectivity index (χ1n) is 8.74. The Bertz CT molecular complexity index is 751. The third-order valence-corrected chi connectivity index (χ3v) is 7.15. The molecule has 24 heavy (non-hydrogen) atoms. The number of aryl methyl sites for hydroxylation is 2. The quantitative estimate of drug-likeness (QED) is 0.771. The van der Waals surface area contributed by atoms with Crippen molar-refractivity contribution < 1.29 is 13.2 Å². The molecule has 4 rings (SSSR count). The van der Waals surface area contributed by atoms with Crippen LogP contribution in [-0.4, -0.2) is 32.8 Å². The van der Waals surface area contributed by atoms with E-state index in [-0.39, 0.29) is 0 Å².